The Kier molecular flexibility index (Phi) is 7.69. The van der Waals surface area contributed by atoms with E-state index >= 15 is 0 Å². The number of pyridine rings is 1. The molecule has 0 radical (unpaired) electrons. The van der Waals surface area contributed by atoms with Crippen LogP contribution in [-0.4, -0.2) is 42.2 Å². The summed E-state index contributed by atoms with van der Waals surface area (Å²) in [7, 11) is -4.16. The van der Waals surface area contributed by atoms with Crippen LogP contribution in [0.1, 0.15) is 12.5 Å². The fourth-order valence-electron chi connectivity index (χ4n) is 3.53. The van der Waals surface area contributed by atoms with E-state index in [0.29, 0.717) is 28.2 Å². The second-order valence-corrected chi connectivity index (χ2v) is 9.55. The van der Waals surface area contributed by atoms with Crippen molar-refractivity contribution in [2.24, 2.45) is 0 Å². The topological polar surface area (TPSA) is 113 Å². The van der Waals surface area contributed by atoms with Crippen LogP contribution >= 0.6 is 11.6 Å². The Labute approximate surface area is 207 Å². The molecular weight excluding hydrogens is 493 g/mol. The Morgan fingerprint density at radius 1 is 1.03 bits per heavy atom. The summed E-state index contributed by atoms with van der Waals surface area (Å²) in [4.78, 5) is 3.55. The molecule has 35 heavy (non-hydrogen) atoms. The van der Waals surface area contributed by atoms with E-state index in [4.69, 9.17) is 11.6 Å². The van der Waals surface area contributed by atoms with Crippen molar-refractivity contribution in [2.75, 3.05) is 35.0 Å². The number of nitrogens with zero attached hydrogens (tertiary/aromatic N) is 3. The van der Waals surface area contributed by atoms with Gasteiger partial charge in [0.1, 0.15) is 5.82 Å². The van der Waals surface area contributed by atoms with Gasteiger partial charge in [0.05, 0.1) is 11.7 Å². The lowest BCUT2D eigenvalue weighted by molar-refractivity contribution is 0.582. The summed E-state index contributed by atoms with van der Waals surface area (Å²) in [6.07, 6.45) is 1.47. The van der Waals surface area contributed by atoms with Gasteiger partial charge in [-0.1, -0.05) is 36.7 Å². The van der Waals surface area contributed by atoms with Crippen LogP contribution in [-0.2, 0) is 16.8 Å². The predicted octanol–water partition coefficient (Wildman–Crippen LogP) is 4.06. The Morgan fingerprint density at radius 3 is 2.66 bits per heavy atom. The number of nitrogens with one attached hydrogen (secondary N) is 4. The van der Waals surface area contributed by atoms with Gasteiger partial charge >= 0.3 is 10.2 Å². The first kappa shape index (κ1) is 24.7. The number of hydrogen-bond acceptors (Lipinski definition) is 7. The van der Waals surface area contributed by atoms with E-state index in [1.165, 1.54) is 18.3 Å². The first-order valence-electron chi connectivity index (χ1n) is 11.0. The normalized spacial score (nSPS) is 11.5. The molecule has 184 valence electrons. The lowest BCUT2D eigenvalue weighted by Gasteiger charge is -2.15. The van der Waals surface area contributed by atoms with Gasteiger partial charge in [-0.05, 0) is 48.5 Å². The van der Waals surface area contributed by atoms with Crippen LogP contribution in [0.15, 0.2) is 60.8 Å². The lowest BCUT2D eigenvalue weighted by atomic mass is 10.1. The Bertz CT molecular complexity index is 1430. The second kappa shape index (κ2) is 10.9. The van der Waals surface area contributed by atoms with Gasteiger partial charge in [0.2, 0.25) is 5.95 Å². The minimum Gasteiger partial charge on any atom is -0.383 e. The van der Waals surface area contributed by atoms with Crippen LogP contribution in [0.2, 0.25) is 5.02 Å². The molecule has 4 aromatic rings. The van der Waals surface area contributed by atoms with Crippen molar-refractivity contribution in [1.82, 2.24) is 19.5 Å². The highest BCUT2D eigenvalue weighted by Gasteiger charge is 2.19. The maximum Gasteiger partial charge on any atom is 0.344 e. The number of likely N-dealkylation sites (N-methyl/N-ethyl adjacent to an activating group) is 1. The summed E-state index contributed by atoms with van der Waals surface area (Å²) in [6, 6.07) is 14.7. The molecule has 0 bridgehead atoms. The summed E-state index contributed by atoms with van der Waals surface area (Å²) in [5, 5.41) is 15.3. The maximum absolute atomic E-state index is 13.4. The largest absolute Gasteiger partial charge is 0.383 e. The van der Waals surface area contributed by atoms with Crippen molar-refractivity contribution in [1.29, 1.82) is 0 Å². The average Bonchev–Trinajstić information content (AvgIpc) is 3.27. The summed E-state index contributed by atoms with van der Waals surface area (Å²) < 4.78 is 42.2. The molecule has 0 aliphatic carbocycles. The van der Waals surface area contributed by atoms with Crippen molar-refractivity contribution in [3.63, 3.8) is 0 Å². The average molecular weight is 518 g/mol. The molecule has 2 aromatic carbocycles. The zero-order chi connectivity index (χ0) is 24.8. The molecule has 0 aliphatic rings. The van der Waals surface area contributed by atoms with Crippen LogP contribution in [0.5, 0.6) is 0 Å². The van der Waals surface area contributed by atoms with Gasteiger partial charge in [-0.2, -0.15) is 17.9 Å². The number of fused-ring (bicyclic) bond motifs is 1. The van der Waals surface area contributed by atoms with Crippen molar-refractivity contribution in [2.45, 2.75) is 13.5 Å². The number of aromatic nitrogens is 3. The molecule has 0 atom stereocenters. The van der Waals surface area contributed by atoms with E-state index in [1.807, 2.05) is 24.3 Å². The standard InChI is InChI=1S/C23H25ClFN7O2S/c1-2-26-11-12-27-20-13-17(24)10-9-16(20)14-28-19-5-3-6-21-18(19)15-29-32(21)35(33,34)31-23-8-4-7-22(25)30-23/h3-10,13,15,26-28H,2,11-12,14H2,1H3,(H,30,31). The fourth-order valence-corrected chi connectivity index (χ4v) is 4.76. The van der Waals surface area contributed by atoms with Gasteiger partial charge in [0, 0.05) is 41.4 Å². The highest BCUT2D eigenvalue weighted by atomic mass is 35.5. The van der Waals surface area contributed by atoms with Crippen molar-refractivity contribution < 1.29 is 12.8 Å². The predicted molar refractivity (Wildman–Crippen MR) is 138 cm³/mol. The van der Waals surface area contributed by atoms with Crippen LogP contribution < -0.4 is 20.7 Å². The number of hydrogen-bond donors (Lipinski definition) is 4. The zero-order valence-corrected chi connectivity index (χ0v) is 20.5. The lowest BCUT2D eigenvalue weighted by Crippen LogP contribution is -2.23. The van der Waals surface area contributed by atoms with E-state index in [0.717, 1.165) is 41.0 Å². The van der Waals surface area contributed by atoms with Gasteiger partial charge in [0.25, 0.3) is 0 Å². The minimum absolute atomic E-state index is 0.139. The number of benzene rings is 2. The number of rotatable bonds is 11. The van der Waals surface area contributed by atoms with Crippen LogP contribution in [0.3, 0.4) is 0 Å². The Morgan fingerprint density at radius 2 is 1.86 bits per heavy atom. The highest BCUT2D eigenvalue weighted by Crippen LogP contribution is 2.27. The molecule has 0 amide bonds. The highest BCUT2D eigenvalue weighted by molar-refractivity contribution is 7.91. The summed E-state index contributed by atoms with van der Waals surface area (Å²) >= 11 is 6.19. The van der Waals surface area contributed by atoms with Crippen molar-refractivity contribution in [3.05, 3.63) is 77.3 Å². The molecular formula is C23H25ClFN7O2S. The second-order valence-electron chi connectivity index (χ2n) is 7.61. The molecule has 0 fully saturated rings. The van der Waals surface area contributed by atoms with E-state index in [9.17, 15) is 12.8 Å². The van der Waals surface area contributed by atoms with E-state index in [1.54, 1.807) is 12.1 Å². The maximum atomic E-state index is 13.4. The monoisotopic (exact) mass is 517 g/mol. The first-order chi connectivity index (χ1) is 16.9. The quantitative estimate of drug-likeness (QED) is 0.175. The summed E-state index contributed by atoms with van der Waals surface area (Å²) in [5.41, 5.74) is 2.99. The van der Waals surface area contributed by atoms with Crippen LogP contribution in [0.4, 0.5) is 21.6 Å². The van der Waals surface area contributed by atoms with Crippen molar-refractivity contribution >= 4 is 49.9 Å². The molecule has 0 aliphatic heterocycles. The van der Waals surface area contributed by atoms with E-state index < -0.39 is 16.2 Å². The fraction of sp³-hybridized carbons (Fsp3) is 0.217. The van der Waals surface area contributed by atoms with Crippen LogP contribution in [0, 0.1) is 5.95 Å². The summed E-state index contributed by atoms with van der Waals surface area (Å²) in [5.74, 6) is -0.931. The Hall–Kier alpha value is -3.41. The molecule has 0 unspecified atom stereocenters. The molecule has 0 spiro atoms. The van der Waals surface area contributed by atoms with E-state index in [-0.39, 0.29) is 5.82 Å². The Balaban J connectivity index is 1.54. The molecule has 9 nitrogen and oxygen atoms in total. The van der Waals surface area contributed by atoms with Gasteiger partial charge in [-0.3, -0.25) is 0 Å². The van der Waals surface area contributed by atoms with Gasteiger partial charge < -0.3 is 16.0 Å². The van der Waals surface area contributed by atoms with E-state index in [2.05, 4.69) is 37.7 Å². The molecule has 0 saturated heterocycles. The SMILES string of the molecule is CCNCCNc1cc(Cl)ccc1CNc1cccc2c1cnn2S(=O)(=O)Nc1cccc(F)n1. The van der Waals surface area contributed by atoms with Gasteiger partial charge in [-0.15, -0.1) is 4.09 Å². The first-order valence-corrected chi connectivity index (χ1v) is 12.8. The third kappa shape index (κ3) is 5.99. The third-order valence-corrected chi connectivity index (χ3v) is 6.61. The molecule has 2 aromatic heterocycles. The molecule has 12 heteroatoms. The molecule has 4 rings (SSSR count). The minimum atomic E-state index is -4.16. The molecule has 4 N–H and O–H groups in total. The number of halogens is 2. The summed E-state index contributed by atoms with van der Waals surface area (Å²) in [6.45, 7) is 4.99. The van der Waals surface area contributed by atoms with Gasteiger partial charge in [-0.25, -0.2) is 9.71 Å². The van der Waals surface area contributed by atoms with Gasteiger partial charge in [0.15, 0.2) is 0 Å². The van der Waals surface area contributed by atoms with Crippen LogP contribution in [0.25, 0.3) is 10.9 Å². The zero-order valence-electron chi connectivity index (χ0n) is 18.9. The molecule has 0 saturated carbocycles. The van der Waals surface area contributed by atoms with Crippen molar-refractivity contribution in [3.8, 4) is 0 Å². The third-order valence-electron chi connectivity index (χ3n) is 5.17. The number of anilines is 3. The smallest absolute Gasteiger partial charge is 0.344 e. The molecule has 2 heterocycles.